The summed E-state index contributed by atoms with van der Waals surface area (Å²) in [7, 11) is 0. The number of carbonyl (C=O) groups excluding carboxylic acids is 1. The van der Waals surface area contributed by atoms with Crippen LogP contribution in [0.5, 0.6) is 0 Å². The van der Waals surface area contributed by atoms with E-state index in [0.29, 0.717) is 5.82 Å². The van der Waals surface area contributed by atoms with Crippen LogP contribution in [0.2, 0.25) is 0 Å². The number of amides is 1. The maximum Gasteiger partial charge on any atom is 0.228 e. The molecule has 1 N–H and O–H groups in total. The van der Waals surface area contributed by atoms with E-state index < -0.39 is 0 Å². The van der Waals surface area contributed by atoms with Crippen molar-refractivity contribution in [2.24, 2.45) is 5.92 Å². The van der Waals surface area contributed by atoms with Crippen molar-refractivity contribution in [2.45, 2.75) is 33.6 Å². The minimum Gasteiger partial charge on any atom is -0.368 e. The number of anilines is 3. The number of carbonyl (C=O) groups is 1. The summed E-state index contributed by atoms with van der Waals surface area (Å²) in [5.74, 6) is 1.43. The second-order valence-corrected chi connectivity index (χ2v) is 7.09. The Labute approximate surface area is 161 Å². The number of nitrogens with zero attached hydrogens (tertiary/aromatic N) is 4. The molecule has 1 amide bonds. The van der Waals surface area contributed by atoms with Gasteiger partial charge >= 0.3 is 0 Å². The number of aromatic nitrogens is 2. The Bertz CT molecular complexity index is 749. The number of hydrogen-bond donors (Lipinski definition) is 1. The van der Waals surface area contributed by atoms with Crippen molar-refractivity contribution in [1.82, 2.24) is 10.2 Å². The smallest absolute Gasteiger partial charge is 0.228 e. The van der Waals surface area contributed by atoms with Crippen molar-refractivity contribution < 1.29 is 4.79 Å². The van der Waals surface area contributed by atoms with Gasteiger partial charge in [0.25, 0.3) is 0 Å². The van der Waals surface area contributed by atoms with Gasteiger partial charge in [-0.1, -0.05) is 26.0 Å². The van der Waals surface area contributed by atoms with Crippen molar-refractivity contribution in [1.29, 1.82) is 0 Å². The molecule has 6 heteroatoms. The summed E-state index contributed by atoms with van der Waals surface area (Å²) in [4.78, 5) is 16.8. The molecule has 2 heterocycles. The zero-order chi connectivity index (χ0) is 19.2. The zero-order valence-corrected chi connectivity index (χ0v) is 16.5. The van der Waals surface area contributed by atoms with Gasteiger partial charge in [-0.3, -0.25) is 4.79 Å². The van der Waals surface area contributed by atoms with Gasteiger partial charge in [-0.15, -0.1) is 10.2 Å². The summed E-state index contributed by atoms with van der Waals surface area (Å²) in [6.45, 7) is 9.90. The first-order valence-electron chi connectivity index (χ1n) is 9.81. The molecule has 1 aromatic heterocycles. The maximum absolute atomic E-state index is 12.2. The van der Waals surface area contributed by atoms with Crippen LogP contribution in [0.15, 0.2) is 36.4 Å². The second kappa shape index (κ2) is 8.84. The van der Waals surface area contributed by atoms with Gasteiger partial charge in [0, 0.05) is 37.8 Å². The highest BCUT2D eigenvalue weighted by molar-refractivity contribution is 5.91. The van der Waals surface area contributed by atoms with Crippen LogP contribution in [0.1, 0.15) is 32.3 Å². The van der Waals surface area contributed by atoms with Crippen LogP contribution in [0.3, 0.4) is 0 Å². The third-order valence-electron chi connectivity index (χ3n) is 5.23. The van der Waals surface area contributed by atoms with Gasteiger partial charge < -0.3 is 15.1 Å². The number of rotatable bonds is 6. The van der Waals surface area contributed by atoms with E-state index in [1.54, 1.807) is 0 Å². The fraction of sp³-hybridized carbons (Fsp3) is 0.476. The van der Waals surface area contributed by atoms with Crippen LogP contribution in [-0.2, 0) is 4.79 Å². The maximum atomic E-state index is 12.2. The molecule has 3 rings (SSSR count). The van der Waals surface area contributed by atoms with Crippen molar-refractivity contribution in [3.8, 4) is 0 Å². The lowest BCUT2D eigenvalue weighted by Crippen LogP contribution is -2.46. The Morgan fingerprint density at radius 3 is 2.33 bits per heavy atom. The predicted molar refractivity (Wildman–Crippen MR) is 110 cm³/mol. The highest BCUT2D eigenvalue weighted by Gasteiger charge is 2.19. The molecule has 144 valence electrons. The fourth-order valence-electron chi connectivity index (χ4n) is 3.47. The van der Waals surface area contributed by atoms with Gasteiger partial charge in [0.05, 0.1) is 0 Å². The molecule has 0 unspecified atom stereocenters. The van der Waals surface area contributed by atoms with Gasteiger partial charge in [-0.25, -0.2) is 0 Å². The molecule has 1 fully saturated rings. The lowest BCUT2D eigenvalue weighted by atomic mass is 10.0. The van der Waals surface area contributed by atoms with Crippen molar-refractivity contribution >= 4 is 23.2 Å². The molecule has 1 aromatic carbocycles. The van der Waals surface area contributed by atoms with E-state index in [2.05, 4.69) is 56.5 Å². The van der Waals surface area contributed by atoms with Crippen LogP contribution in [0, 0.1) is 12.8 Å². The molecule has 0 saturated carbocycles. The number of hydrogen-bond acceptors (Lipinski definition) is 5. The van der Waals surface area contributed by atoms with Crippen LogP contribution in [-0.4, -0.2) is 42.3 Å². The molecule has 0 aliphatic carbocycles. The Morgan fingerprint density at radius 2 is 1.74 bits per heavy atom. The van der Waals surface area contributed by atoms with Crippen LogP contribution >= 0.6 is 0 Å². The van der Waals surface area contributed by atoms with Crippen LogP contribution in [0.25, 0.3) is 0 Å². The molecule has 1 saturated heterocycles. The average Bonchev–Trinajstić information content (AvgIpc) is 2.70. The van der Waals surface area contributed by atoms with E-state index in [0.717, 1.165) is 44.8 Å². The van der Waals surface area contributed by atoms with Crippen molar-refractivity contribution in [2.75, 3.05) is 41.3 Å². The first-order chi connectivity index (χ1) is 13.1. The molecule has 1 aliphatic rings. The average molecular weight is 367 g/mol. The molecule has 0 spiro atoms. The highest BCUT2D eigenvalue weighted by Crippen LogP contribution is 2.20. The Balaban J connectivity index is 1.56. The fourth-order valence-corrected chi connectivity index (χ4v) is 3.47. The molecule has 27 heavy (non-hydrogen) atoms. The zero-order valence-electron chi connectivity index (χ0n) is 16.5. The van der Waals surface area contributed by atoms with E-state index in [4.69, 9.17) is 0 Å². The summed E-state index contributed by atoms with van der Waals surface area (Å²) in [5.41, 5.74) is 2.56. The molecule has 6 nitrogen and oxygen atoms in total. The topological polar surface area (TPSA) is 61.4 Å². The Morgan fingerprint density at radius 1 is 1.04 bits per heavy atom. The normalized spacial score (nSPS) is 14.5. The summed E-state index contributed by atoms with van der Waals surface area (Å²) >= 11 is 0. The number of nitrogens with one attached hydrogen (secondary N) is 1. The molecule has 0 radical (unpaired) electrons. The second-order valence-electron chi connectivity index (χ2n) is 7.09. The molecule has 1 aliphatic heterocycles. The van der Waals surface area contributed by atoms with Gasteiger partial charge in [-0.2, -0.15) is 0 Å². The summed E-state index contributed by atoms with van der Waals surface area (Å²) in [6.07, 6.45) is 1.66. The third-order valence-corrected chi connectivity index (χ3v) is 5.23. The molecule has 0 atom stereocenters. The third kappa shape index (κ3) is 4.76. The number of piperazine rings is 1. The molecule has 0 bridgehead atoms. The summed E-state index contributed by atoms with van der Waals surface area (Å²) < 4.78 is 0. The minimum absolute atomic E-state index is 0.0221. The van der Waals surface area contributed by atoms with E-state index in [1.165, 1.54) is 11.3 Å². The van der Waals surface area contributed by atoms with E-state index in [1.807, 2.05) is 26.0 Å². The summed E-state index contributed by atoms with van der Waals surface area (Å²) in [5, 5.41) is 11.4. The lowest BCUT2D eigenvalue weighted by Gasteiger charge is -2.36. The van der Waals surface area contributed by atoms with Crippen LogP contribution in [0.4, 0.5) is 17.3 Å². The quantitative estimate of drug-likeness (QED) is 0.847. The standard InChI is InChI=1S/C21H29N5O/c1-4-17(5-2)21(27)22-19-9-10-20(24-23-19)26-13-11-25(12-14-26)18-8-6-7-16(3)15-18/h6-10,15,17H,4-5,11-14H2,1-3H3,(H,22,23,27). The summed E-state index contributed by atoms with van der Waals surface area (Å²) in [6, 6.07) is 12.4. The molecule has 2 aromatic rings. The highest BCUT2D eigenvalue weighted by atomic mass is 16.1. The lowest BCUT2D eigenvalue weighted by molar-refractivity contribution is -0.120. The largest absolute Gasteiger partial charge is 0.368 e. The van der Waals surface area contributed by atoms with Gasteiger partial charge in [0.2, 0.25) is 5.91 Å². The van der Waals surface area contributed by atoms with E-state index in [-0.39, 0.29) is 11.8 Å². The van der Waals surface area contributed by atoms with Gasteiger partial charge in [0.15, 0.2) is 11.6 Å². The number of benzene rings is 1. The predicted octanol–water partition coefficient (Wildman–Crippen LogP) is 3.49. The minimum atomic E-state index is 0.0221. The van der Waals surface area contributed by atoms with Crippen molar-refractivity contribution in [3.63, 3.8) is 0 Å². The first kappa shape index (κ1) is 19.1. The van der Waals surface area contributed by atoms with Crippen molar-refractivity contribution in [3.05, 3.63) is 42.0 Å². The number of aryl methyl sites for hydroxylation is 1. The Hall–Kier alpha value is -2.63. The SMILES string of the molecule is CCC(CC)C(=O)Nc1ccc(N2CCN(c3cccc(C)c3)CC2)nn1. The van der Waals surface area contributed by atoms with E-state index >= 15 is 0 Å². The van der Waals surface area contributed by atoms with Gasteiger partial charge in [0.1, 0.15) is 0 Å². The Kier molecular flexibility index (Phi) is 6.27. The molecular formula is C21H29N5O. The van der Waals surface area contributed by atoms with E-state index in [9.17, 15) is 4.79 Å². The first-order valence-corrected chi connectivity index (χ1v) is 9.81. The monoisotopic (exact) mass is 367 g/mol. The molecular weight excluding hydrogens is 338 g/mol. The van der Waals surface area contributed by atoms with Gasteiger partial charge in [-0.05, 0) is 49.6 Å². The van der Waals surface area contributed by atoms with Crippen LogP contribution < -0.4 is 15.1 Å².